The van der Waals surface area contributed by atoms with Crippen LogP contribution < -0.4 is 15.2 Å². The molecule has 148 valence electrons. The highest BCUT2D eigenvalue weighted by Gasteiger charge is 2.20. The Morgan fingerprint density at radius 2 is 1.41 bits per heavy atom. The van der Waals surface area contributed by atoms with Crippen LogP contribution in [0.1, 0.15) is 17.3 Å². The highest BCUT2D eigenvalue weighted by Crippen LogP contribution is 2.26. The largest absolute Gasteiger partial charge is 0.378 e. The van der Waals surface area contributed by atoms with Crippen molar-refractivity contribution in [2.75, 3.05) is 5.32 Å². The summed E-state index contributed by atoms with van der Waals surface area (Å²) in [5, 5.41) is 2.68. The van der Waals surface area contributed by atoms with Gasteiger partial charge in [0.2, 0.25) is 5.91 Å². The predicted octanol–water partition coefficient (Wildman–Crippen LogP) is 3.18. The Labute approximate surface area is 168 Å². The Morgan fingerprint density at radius 3 is 1.97 bits per heavy atom. The minimum absolute atomic E-state index is 0.0213. The van der Waals surface area contributed by atoms with Gasteiger partial charge in [-0.1, -0.05) is 36.4 Å². The molecule has 3 aromatic rings. The summed E-state index contributed by atoms with van der Waals surface area (Å²) < 4.78 is 30.2. The van der Waals surface area contributed by atoms with E-state index in [-0.39, 0.29) is 22.1 Å². The molecular formula is C21H18N2O5S. The van der Waals surface area contributed by atoms with Crippen molar-refractivity contribution in [3.8, 4) is 16.9 Å². The number of carbonyl (C=O) groups excluding carboxylic acids is 2. The second kappa shape index (κ2) is 8.15. The fraction of sp³-hybridized carbons (Fsp3) is 0.0476. The molecule has 7 nitrogen and oxygen atoms in total. The van der Waals surface area contributed by atoms with E-state index in [1.54, 1.807) is 36.4 Å². The van der Waals surface area contributed by atoms with Crippen molar-refractivity contribution in [2.45, 2.75) is 11.8 Å². The molecule has 0 aromatic heterocycles. The fourth-order valence-electron chi connectivity index (χ4n) is 2.67. The van der Waals surface area contributed by atoms with Gasteiger partial charge >= 0.3 is 10.1 Å². The van der Waals surface area contributed by atoms with Crippen LogP contribution in [-0.2, 0) is 14.9 Å². The number of nitrogens with one attached hydrogen (secondary N) is 1. The number of para-hydroxylation sites is 1. The van der Waals surface area contributed by atoms with Gasteiger partial charge in [0.1, 0.15) is 4.90 Å². The summed E-state index contributed by atoms with van der Waals surface area (Å²) in [5.41, 5.74) is 7.54. The van der Waals surface area contributed by atoms with E-state index in [1.807, 2.05) is 12.1 Å². The van der Waals surface area contributed by atoms with Gasteiger partial charge in [0.15, 0.2) is 5.75 Å². The van der Waals surface area contributed by atoms with Gasteiger partial charge in [0, 0.05) is 12.6 Å². The van der Waals surface area contributed by atoms with Crippen LogP contribution in [0.5, 0.6) is 5.75 Å². The third-order valence-corrected chi connectivity index (χ3v) is 5.28. The van der Waals surface area contributed by atoms with E-state index in [9.17, 15) is 18.0 Å². The van der Waals surface area contributed by atoms with Gasteiger partial charge in [-0.2, -0.15) is 8.42 Å². The Bertz CT molecular complexity index is 1150. The molecule has 0 saturated carbocycles. The van der Waals surface area contributed by atoms with Crippen LogP contribution >= 0.6 is 0 Å². The summed E-state index contributed by atoms with van der Waals surface area (Å²) in [6.45, 7) is 1.43. The Kier molecular flexibility index (Phi) is 5.65. The molecule has 0 bridgehead atoms. The van der Waals surface area contributed by atoms with Crippen LogP contribution in [0.15, 0.2) is 77.7 Å². The number of hydrogen-bond acceptors (Lipinski definition) is 5. The molecule has 0 spiro atoms. The summed E-state index contributed by atoms with van der Waals surface area (Å²) in [4.78, 5) is 22.5. The molecule has 0 aliphatic rings. The molecule has 3 rings (SSSR count). The Morgan fingerprint density at radius 1 is 0.862 bits per heavy atom. The molecule has 0 unspecified atom stereocenters. The van der Waals surface area contributed by atoms with Crippen molar-refractivity contribution >= 4 is 27.6 Å². The van der Waals surface area contributed by atoms with Crippen molar-refractivity contribution in [3.05, 3.63) is 78.4 Å². The van der Waals surface area contributed by atoms with Crippen molar-refractivity contribution in [1.82, 2.24) is 0 Å². The van der Waals surface area contributed by atoms with E-state index in [0.717, 1.165) is 11.1 Å². The summed E-state index contributed by atoms with van der Waals surface area (Å²) in [5.74, 6) is -1.07. The first-order valence-electron chi connectivity index (χ1n) is 8.58. The van der Waals surface area contributed by atoms with Crippen molar-refractivity contribution in [2.24, 2.45) is 5.73 Å². The molecule has 0 heterocycles. The number of benzene rings is 3. The first-order chi connectivity index (χ1) is 13.8. The number of primary amides is 1. The SMILES string of the molecule is CC(=O)Nc1ccc(-c2ccc(S(=O)(=O)Oc3ccccc3C(N)=O)cc2)cc1. The van der Waals surface area contributed by atoms with E-state index in [0.29, 0.717) is 5.69 Å². The lowest BCUT2D eigenvalue weighted by molar-refractivity contribution is -0.114. The van der Waals surface area contributed by atoms with Gasteiger partial charge < -0.3 is 15.2 Å². The van der Waals surface area contributed by atoms with E-state index < -0.39 is 16.0 Å². The number of nitrogens with two attached hydrogens (primary N) is 1. The average molecular weight is 410 g/mol. The number of carbonyl (C=O) groups is 2. The predicted molar refractivity (Wildman–Crippen MR) is 109 cm³/mol. The normalized spacial score (nSPS) is 10.9. The molecule has 0 radical (unpaired) electrons. The summed E-state index contributed by atoms with van der Waals surface area (Å²) >= 11 is 0. The molecular weight excluding hydrogens is 392 g/mol. The van der Waals surface area contributed by atoms with Crippen LogP contribution in [0.3, 0.4) is 0 Å². The molecule has 0 aliphatic heterocycles. The molecule has 0 fully saturated rings. The number of amides is 2. The maximum Gasteiger partial charge on any atom is 0.339 e. The minimum Gasteiger partial charge on any atom is -0.378 e. The molecule has 0 atom stereocenters. The number of anilines is 1. The van der Waals surface area contributed by atoms with Gasteiger partial charge in [-0.25, -0.2) is 0 Å². The highest BCUT2D eigenvalue weighted by atomic mass is 32.2. The Hall–Kier alpha value is -3.65. The van der Waals surface area contributed by atoms with Gasteiger partial charge in [-0.3, -0.25) is 9.59 Å². The zero-order valence-corrected chi connectivity index (χ0v) is 16.3. The summed E-state index contributed by atoms with van der Waals surface area (Å²) in [6, 6.07) is 19.1. The van der Waals surface area contributed by atoms with E-state index in [4.69, 9.17) is 9.92 Å². The van der Waals surface area contributed by atoms with Gasteiger partial charge in [-0.05, 0) is 47.5 Å². The zero-order valence-electron chi connectivity index (χ0n) is 15.5. The number of hydrogen-bond donors (Lipinski definition) is 2. The second-order valence-electron chi connectivity index (χ2n) is 6.18. The van der Waals surface area contributed by atoms with Gasteiger partial charge in [0.05, 0.1) is 5.56 Å². The molecule has 0 saturated heterocycles. The highest BCUT2D eigenvalue weighted by molar-refractivity contribution is 7.87. The Balaban J connectivity index is 1.82. The van der Waals surface area contributed by atoms with E-state index >= 15 is 0 Å². The molecule has 8 heteroatoms. The molecule has 2 amide bonds. The summed E-state index contributed by atoms with van der Waals surface area (Å²) in [7, 11) is -4.14. The van der Waals surface area contributed by atoms with E-state index in [2.05, 4.69) is 5.32 Å². The first-order valence-corrected chi connectivity index (χ1v) is 9.98. The quantitative estimate of drug-likeness (QED) is 0.606. The molecule has 3 N–H and O–H groups in total. The lowest BCUT2D eigenvalue weighted by Gasteiger charge is -2.10. The maximum atomic E-state index is 12.6. The average Bonchev–Trinajstić information content (AvgIpc) is 2.68. The lowest BCUT2D eigenvalue weighted by atomic mass is 10.1. The van der Waals surface area contributed by atoms with Crippen LogP contribution in [0.25, 0.3) is 11.1 Å². The lowest BCUT2D eigenvalue weighted by Crippen LogP contribution is -2.16. The van der Waals surface area contributed by atoms with Crippen molar-refractivity contribution in [1.29, 1.82) is 0 Å². The van der Waals surface area contributed by atoms with Crippen LogP contribution in [-0.4, -0.2) is 20.2 Å². The topological polar surface area (TPSA) is 116 Å². The fourth-order valence-corrected chi connectivity index (χ4v) is 3.62. The molecule has 0 aliphatic carbocycles. The number of rotatable bonds is 6. The molecule has 3 aromatic carbocycles. The van der Waals surface area contributed by atoms with Crippen LogP contribution in [0, 0.1) is 0 Å². The third-order valence-electron chi connectivity index (χ3n) is 4.03. The second-order valence-corrected chi connectivity index (χ2v) is 7.73. The smallest absolute Gasteiger partial charge is 0.339 e. The molecule has 29 heavy (non-hydrogen) atoms. The van der Waals surface area contributed by atoms with Crippen LogP contribution in [0.2, 0.25) is 0 Å². The van der Waals surface area contributed by atoms with Crippen LogP contribution in [0.4, 0.5) is 5.69 Å². The van der Waals surface area contributed by atoms with Crippen molar-refractivity contribution in [3.63, 3.8) is 0 Å². The standard InChI is InChI=1S/C21H18N2O5S/c1-14(24)23-17-10-6-15(7-11-17)16-8-12-18(13-9-16)29(26,27)28-20-5-3-2-4-19(20)21(22)25/h2-13H,1H3,(H2,22,25)(H,23,24). The summed E-state index contributed by atoms with van der Waals surface area (Å²) in [6.07, 6.45) is 0. The minimum atomic E-state index is -4.14. The van der Waals surface area contributed by atoms with E-state index in [1.165, 1.54) is 31.2 Å². The maximum absolute atomic E-state index is 12.6. The zero-order chi connectivity index (χ0) is 21.0. The third kappa shape index (κ3) is 4.80. The first kappa shape index (κ1) is 20.1. The van der Waals surface area contributed by atoms with Gasteiger partial charge in [0.25, 0.3) is 5.91 Å². The van der Waals surface area contributed by atoms with Gasteiger partial charge in [-0.15, -0.1) is 0 Å². The monoisotopic (exact) mass is 410 g/mol. The van der Waals surface area contributed by atoms with Crippen molar-refractivity contribution < 1.29 is 22.2 Å².